The Balaban J connectivity index is 1.76. The Morgan fingerprint density at radius 3 is 2.68 bits per heavy atom. The molecule has 0 aromatic heterocycles. The van der Waals surface area contributed by atoms with Gasteiger partial charge in [0.25, 0.3) is 5.91 Å². The number of rotatable bonds is 4. The number of carbonyl (C=O) groups excluding carboxylic acids is 1. The normalized spacial score (nSPS) is 22.8. The van der Waals surface area contributed by atoms with Crippen molar-refractivity contribution in [1.29, 1.82) is 0 Å². The van der Waals surface area contributed by atoms with Gasteiger partial charge in [0.15, 0.2) is 6.61 Å². The second kappa shape index (κ2) is 6.45. The summed E-state index contributed by atoms with van der Waals surface area (Å²) in [6.45, 7) is 2.26. The molecule has 1 aromatic carbocycles. The fraction of sp³-hybridized carbons (Fsp3) is 0.533. The van der Waals surface area contributed by atoms with Crippen LogP contribution in [0.5, 0.6) is 5.75 Å². The third-order valence-corrected chi connectivity index (χ3v) is 3.71. The highest BCUT2D eigenvalue weighted by molar-refractivity contribution is 5.77. The average Bonchev–Trinajstić information content (AvgIpc) is 2.41. The van der Waals surface area contributed by atoms with Crippen LogP contribution >= 0.6 is 0 Å². The molecule has 1 fully saturated rings. The Bertz CT molecular complexity index is 417. The van der Waals surface area contributed by atoms with Gasteiger partial charge in [0.1, 0.15) is 5.75 Å². The van der Waals surface area contributed by atoms with E-state index in [-0.39, 0.29) is 12.5 Å². The minimum Gasteiger partial charge on any atom is -0.484 e. The molecule has 2 atom stereocenters. The summed E-state index contributed by atoms with van der Waals surface area (Å²) in [7, 11) is 0. The number of carbonyl (C=O) groups is 1. The van der Waals surface area contributed by atoms with Gasteiger partial charge in [-0.1, -0.05) is 19.8 Å². The van der Waals surface area contributed by atoms with Crippen molar-refractivity contribution in [2.24, 2.45) is 5.92 Å². The Morgan fingerprint density at radius 2 is 2.00 bits per heavy atom. The Hall–Kier alpha value is -1.71. The molecule has 0 saturated heterocycles. The molecule has 0 radical (unpaired) electrons. The zero-order chi connectivity index (χ0) is 13.7. The van der Waals surface area contributed by atoms with E-state index in [0.717, 1.165) is 6.42 Å². The molecule has 19 heavy (non-hydrogen) atoms. The molecule has 1 aromatic rings. The number of hydrogen-bond acceptors (Lipinski definition) is 3. The molecule has 4 heteroatoms. The van der Waals surface area contributed by atoms with Gasteiger partial charge in [0.05, 0.1) is 0 Å². The third kappa shape index (κ3) is 4.16. The van der Waals surface area contributed by atoms with Crippen LogP contribution in [0.15, 0.2) is 24.3 Å². The number of hydrogen-bond donors (Lipinski definition) is 2. The predicted octanol–water partition coefficient (Wildman–Crippen LogP) is 2.34. The van der Waals surface area contributed by atoms with Crippen LogP contribution in [0.4, 0.5) is 5.69 Å². The lowest BCUT2D eigenvalue weighted by Crippen LogP contribution is -2.43. The van der Waals surface area contributed by atoms with E-state index in [2.05, 4.69) is 12.2 Å². The van der Waals surface area contributed by atoms with Crippen LogP contribution < -0.4 is 15.8 Å². The zero-order valence-corrected chi connectivity index (χ0v) is 11.4. The van der Waals surface area contributed by atoms with Crippen molar-refractivity contribution in [2.45, 2.75) is 38.6 Å². The lowest BCUT2D eigenvalue weighted by atomic mass is 9.86. The minimum absolute atomic E-state index is 0.0458. The first-order valence-corrected chi connectivity index (χ1v) is 6.93. The van der Waals surface area contributed by atoms with E-state index in [9.17, 15) is 4.79 Å². The van der Waals surface area contributed by atoms with Crippen LogP contribution in [0.2, 0.25) is 0 Å². The number of nitrogens with one attached hydrogen (secondary N) is 1. The number of nitrogens with two attached hydrogens (primary N) is 1. The molecule has 1 saturated carbocycles. The second-order valence-electron chi connectivity index (χ2n) is 5.29. The molecular formula is C15H22N2O2. The van der Waals surface area contributed by atoms with Crippen molar-refractivity contribution in [3.8, 4) is 5.75 Å². The molecule has 1 aliphatic carbocycles. The maximum atomic E-state index is 11.8. The highest BCUT2D eigenvalue weighted by Gasteiger charge is 2.22. The molecule has 0 heterocycles. The maximum absolute atomic E-state index is 11.8. The molecule has 0 bridgehead atoms. The van der Waals surface area contributed by atoms with Crippen molar-refractivity contribution < 1.29 is 9.53 Å². The molecule has 1 aliphatic rings. The minimum atomic E-state index is -0.0458. The van der Waals surface area contributed by atoms with Crippen molar-refractivity contribution in [3.63, 3.8) is 0 Å². The van der Waals surface area contributed by atoms with Gasteiger partial charge in [0.2, 0.25) is 0 Å². The van der Waals surface area contributed by atoms with Crippen LogP contribution in [-0.2, 0) is 4.79 Å². The van der Waals surface area contributed by atoms with Crippen LogP contribution in [0.1, 0.15) is 32.6 Å². The van der Waals surface area contributed by atoms with Crippen molar-refractivity contribution in [2.75, 3.05) is 12.3 Å². The summed E-state index contributed by atoms with van der Waals surface area (Å²) in [6.07, 6.45) is 4.75. The van der Waals surface area contributed by atoms with E-state index in [1.54, 1.807) is 24.3 Å². The van der Waals surface area contributed by atoms with Gasteiger partial charge >= 0.3 is 0 Å². The van der Waals surface area contributed by atoms with E-state index < -0.39 is 0 Å². The predicted molar refractivity (Wildman–Crippen MR) is 75.9 cm³/mol. The molecule has 3 N–H and O–H groups in total. The zero-order valence-electron chi connectivity index (χ0n) is 11.4. The van der Waals surface area contributed by atoms with Crippen molar-refractivity contribution in [1.82, 2.24) is 5.32 Å². The van der Waals surface area contributed by atoms with Crippen LogP contribution in [0.25, 0.3) is 0 Å². The van der Waals surface area contributed by atoms with Crippen molar-refractivity contribution >= 4 is 11.6 Å². The molecule has 0 aliphatic heterocycles. The first kappa shape index (κ1) is 13.7. The Morgan fingerprint density at radius 1 is 1.32 bits per heavy atom. The monoisotopic (exact) mass is 262 g/mol. The lowest BCUT2D eigenvalue weighted by molar-refractivity contribution is -0.124. The molecular weight excluding hydrogens is 240 g/mol. The van der Waals surface area contributed by atoms with E-state index in [4.69, 9.17) is 10.5 Å². The summed E-state index contributed by atoms with van der Waals surface area (Å²) in [6, 6.07) is 7.36. The number of ether oxygens (including phenoxy) is 1. The van der Waals surface area contributed by atoms with E-state index >= 15 is 0 Å². The highest BCUT2D eigenvalue weighted by atomic mass is 16.5. The largest absolute Gasteiger partial charge is 0.484 e. The first-order chi connectivity index (χ1) is 9.15. The fourth-order valence-electron chi connectivity index (χ4n) is 2.49. The smallest absolute Gasteiger partial charge is 0.258 e. The average molecular weight is 262 g/mol. The van der Waals surface area contributed by atoms with Crippen LogP contribution in [0.3, 0.4) is 0 Å². The summed E-state index contributed by atoms with van der Waals surface area (Å²) >= 11 is 0. The van der Waals surface area contributed by atoms with Crippen LogP contribution in [0, 0.1) is 5.92 Å². The van der Waals surface area contributed by atoms with Gasteiger partial charge in [-0.3, -0.25) is 4.79 Å². The molecule has 1 amide bonds. The van der Waals surface area contributed by atoms with E-state index in [0.29, 0.717) is 23.4 Å². The number of nitrogen functional groups attached to an aromatic ring is 1. The van der Waals surface area contributed by atoms with Gasteiger partial charge in [-0.05, 0) is 43.0 Å². The molecule has 0 spiro atoms. The molecule has 4 nitrogen and oxygen atoms in total. The van der Waals surface area contributed by atoms with Gasteiger partial charge in [-0.15, -0.1) is 0 Å². The fourth-order valence-corrected chi connectivity index (χ4v) is 2.49. The van der Waals surface area contributed by atoms with E-state index in [1.165, 1.54) is 19.3 Å². The summed E-state index contributed by atoms with van der Waals surface area (Å²) in [5, 5.41) is 3.06. The summed E-state index contributed by atoms with van der Waals surface area (Å²) in [5.41, 5.74) is 6.27. The Kier molecular flexibility index (Phi) is 4.66. The van der Waals surface area contributed by atoms with E-state index in [1.807, 2.05) is 0 Å². The van der Waals surface area contributed by atoms with Crippen LogP contribution in [-0.4, -0.2) is 18.6 Å². The third-order valence-electron chi connectivity index (χ3n) is 3.71. The quantitative estimate of drug-likeness (QED) is 0.819. The second-order valence-corrected chi connectivity index (χ2v) is 5.29. The van der Waals surface area contributed by atoms with Gasteiger partial charge in [-0.2, -0.15) is 0 Å². The summed E-state index contributed by atoms with van der Waals surface area (Å²) < 4.78 is 5.43. The highest BCUT2D eigenvalue weighted by Crippen LogP contribution is 2.23. The first-order valence-electron chi connectivity index (χ1n) is 6.93. The standard InChI is InChI=1S/C15H22N2O2/c1-11-4-2-3-5-14(11)17-15(18)10-19-13-8-6-12(16)7-9-13/h6-9,11,14H,2-5,10,16H2,1H3,(H,17,18)/t11-,14+/m1/s1. The lowest BCUT2D eigenvalue weighted by Gasteiger charge is -2.29. The SMILES string of the molecule is C[C@@H]1CCCC[C@@H]1NC(=O)COc1ccc(N)cc1. The Labute approximate surface area is 114 Å². The number of benzene rings is 1. The summed E-state index contributed by atoms with van der Waals surface area (Å²) in [4.78, 5) is 11.8. The molecule has 0 unspecified atom stereocenters. The van der Waals surface area contributed by atoms with Crippen molar-refractivity contribution in [3.05, 3.63) is 24.3 Å². The topological polar surface area (TPSA) is 64.3 Å². The van der Waals surface area contributed by atoms with Gasteiger partial charge < -0.3 is 15.8 Å². The van der Waals surface area contributed by atoms with Gasteiger partial charge in [0, 0.05) is 11.7 Å². The van der Waals surface area contributed by atoms with Gasteiger partial charge in [-0.25, -0.2) is 0 Å². The maximum Gasteiger partial charge on any atom is 0.258 e. The summed E-state index contributed by atoms with van der Waals surface area (Å²) in [5.74, 6) is 1.19. The number of amides is 1. The number of anilines is 1. The molecule has 2 rings (SSSR count). The molecule has 104 valence electrons.